The molecule has 1 fully saturated rings. The van der Waals surface area contributed by atoms with Crippen molar-refractivity contribution in [3.63, 3.8) is 0 Å². The van der Waals surface area contributed by atoms with Gasteiger partial charge in [-0.1, -0.05) is 50.4 Å². The molecule has 0 saturated heterocycles. The number of halogens is 1. The van der Waals surface area contributed by atoms with E-state index >= 15 is 0 Å². The van der Waals surface area contributed by atoms with E-state index in [-0.39, 0.29) is 0 Å². The molecule has 2 rings (SSSR count). The van der Waals surface area contributed by atoms with E-state index in [0.717, 1.165) is 18.0 Å². The zero-order valence-electron chi connectivity index (χ0n) is 13.2. The fourth-order valence-electron chi connectivity index (χ4n) is 3.72. The van der Waals surface area contributed by atoms with Crippen LogP contribution in [0.25, 0.3) is 0 Å². The van der Waals surface area contributed by atoms with Crippen molar-refractivity contribution in [3.05, 3.63) is 34.9 Å². The van der Waals surface area contributed by atoms with Crippen LogP contribution in [-0.4, -0.2) is 18.2 Å². The summed E-state index contributed by atoms with van der Waals surface area (Å²) in [7, 11) is 0. The lowest BCUT2D eigenvalue weighted by molar-refractivity contribution is 0.158. The maximum atomic E-state index is 10.2. The quantitative estimate of drug-likeness (QED) is 0.773. The van der Waals surface area contributed by atoms with E-state index in [2.05, 4.69) is 19.2 Å². The van der Waals surface area contributed by atoms with E-state index in [1.807, 2.05) is 24.3 Å². The van der Waals surface area contributed by atoms with E-state index in [9.17, 15) is 5.11 Å². The summed E-state index contributed by atoms with van der Waals surface area (Å²) in [5.41, 5.74) is 1.38. The van der Waals surface area contributed by atoms with Crippen LogP contribution < -0.4 is 5.32 Å². The lowest BCUT2D eigenvalue weighted by Gasteiger charge is -2.31. The molecule has 0 amide bonds. The Balaban J connectivity index is 1.83. The first kappa shape index (κ1) is 16.8. The Bertz CT molecular complexity index is 423. The second-order valence-electron chi connectivity index (χ2n) is 7.00. The number of nitrogens with one attached hydrogen (secondary N) is 1. The van der Waals surface area contributed by atoms with Crippen LogP contribution in [0.15, 0.2) is 24.3 Å². The van der Waals surface area contributed by atoms with Gasteiger partial charge < -0.3 is 10.4 Å². The second kappa shape index (κ2) is 7.62. The summed E-state index contributed by atoms with van der Waals surface area (Å²) in [6.07, 6.45) is 6.20. The summed E-state index contributed by atoms with van der Waals surface area (Å²) >= 11 is 5.88. The van der Waals surface area contributed by atoms with Gasteiger partial charge in [0.05, 0.1) is 6.10 Å². The molecule has 1 atom stereocenters. The molecule has 1 aromatic rings. The molecule has 1 unspecified atom stereocenters. The largest absolute Gasteiger partial charge is 0.387 e. The van der Waals surface area contributed by atoms with Crippen LogP contribution in [0.2, 0.25) is 5.02 Å². The number of aliphatic hydroxyl groups excluding tert-OH is 1. The SMILES string of the molecule is CC(C)CC1(CNCC(O)c2ccc(Cl)cc2)CCCC1. The summed E-state index contributed by atoms with van der Waals surface area (Å²) in [6.45, 7) is 6.25. The van der Waals surface area contributed by atoms with Gasteiger partial charge in [0.15, 0.2) is 0 Å². The summed E-state index contributed by atoms with van der Waals surface area (Å²) in [5, 5.41) is 14.5. The van der Waals surface area contributed by atoms with Crippen LogP contribution in [0.1, 0.15) is 57.6 Å². The Morgan fingerprint density at radius 2 is 1.81 bits per heavy atom. The van der Waals surface area contributed by atoms with Crippen molar-refractivity contribution in [2.24, 2.45) is 11.3 Å². The molecule has 1 aliphatic rings. The molecular weight excluding hydrogens is 282 g/mol. The average Bonchev–Trinajstić information content (AvgIpc) is 2.87. The van der Waals surface area contributed by atoms with Crippen LogP contribution in [0.4, 0.5) is 0 Å². The van der Waals surface area contributed by atoms with Gasteiger partial charge in [-0.25, -0.2) is 0 Å². The van der Waals surface area contributed by atoms with Gasteiger partial charge in [0.2, 0.25) is 0 Å². The minimum absolute atomic E-state index is 0.452. The predicted octanol–water partition coefficient (Wildman–Crippen LogP) is 4.57. The van der Waals surface area contributed by atoms with E-state index in [1.165, 1.54) is 32.1 Å². The van der Waals surface area contributed by atoms with Gasteiger partial charge in [0.25, 0.3) is 0 Å². The number of hydrogen-bond acceptors (Lipinski definition) is 2. The predicted molar refractivity (Wildman–Crippen MR) is 89.6 cm³/mol. The number of rotatable bonds is 7. The van der Waals surface area contributed by atoms with E-state index in [0.29, 0.717) is 17.0 Å². The van der Waals surface area contributed by atoms with Crippen molar-refractivity contribution in [2.75, 3.05) is 13.1 Å². The number of aliphatic hydroxyl groups is 1. The second-order valence-corrected chi connectivity index (χ2v) is 7.44. The highest BCUT2D eigenvalue weighted by molar-refractivity contribution is 6.30. The molecule has 0 bridgehead atoms. The van der Waals surface area contributed by atoms with Gasteiger partial charge in [0.1, 0.15) is 0 Å². The number of hydrogen-bond donors (Lipinski definition) is 2. The van der Waals surface area contributed by atoms with Gasteiger partial charge in [-0.3, -0.25) is 0 Å². The molecule has 3 heteroatoms. The van der Waals surface area contributed by atoms with Crippen LogP contribution in [0, 0.1) is 11.3 Å². The maximum absolute atomic E-state index is 10.2. The molecule has 2 N–H and O–H groups in total. The molecule has 0 aliphatic heterocycles. The summed E-state index contributed by atoms with van der Waals surface area (Å²) in [6, 6.07) is 7.46. The zero-order chi connectivity index (χ0) is 15.3. The van der Waals surface area contributed by atoms with Crippen molar-refractivity contribution >= 4 is 11.6 Å². The van der Waals surface area contributed by atoms with Crippen LogP contribution >= 0.6 is 11.6 Å². The van der Waals surface area contributed by atoms with E-state index in [1.54, 1.807) is 0 Å². The minimum atomic E-state index is -0.459. The van der Waals surface area contributed by atoms with Crippen molar-refractivity contribution in [1.82, 2.24) is 5.32 Å². The minimum Gasteiger partial charge on any atom is -0.387 e. The highest BCUT2D eigenvalue weighted by atomic mass is 35.5. The Labute approximate surface area is 133 Å². The third-order valence-electron chi connectivity index (χ3n) is 4.60. The molecular formula is C18H28ClNO. The molecule has 0 spiro atoms. The topological polar surface area (TPSA) is 32.3 Å². The first-order valence-corrected chi connectivity index (χ1v) is 8.53. The van der Waals surface area contributed by atoms with Gasteiger partial charge in [-0.2, -0.15) is 0 Å². The zero-order valence-corrected chi connectivity index (χ0v) is 14.0. The molecule has 1 aliphatic carbocycles. The molecule has 1 saturated carbocycles. The normalized spacial score (nSPS) is 19.1. The highest BCUT2D eigenvalue weighted by Crippen LogP contribution is 2.42. The fourth-order valence-corrected chi connectivity index (χ4v) is 3.85. The summed E-state index contributed by atoms with van der Waals surface area (Å²) in [4.78, 5) is 0. The first-order chi connectivity index (χ1) is 10.0. The van der Waals surface area contributed by atoms with Crippen molar-refractivity contribution < 1.29 is 5.11 Å². The summed E-state index contributed by atoms with van der Waals surface area (Å²) < 4.78 is 0. The lowest BCUT2D eigenvalue weighted by atomic mass is 9.78. The van der Waals surface area contributed by atoms with E-state index in [4.69, 9.17) is 11.6 Å². The fraction of sp³-hybridized carbons (Fsp3) is 0.667. The maximum Gasteiger partial charge on any atom is 0.0914 e. The Morgan fingerprint density at radius 3 is 2.38 bits per heavy atom. The molecule has 0 heterocycles. The van der Waals surface area contributed by atoms with E-state index < -0.39 is 6.10 Å². The molecule has 21 heavy (non-hydrogen) atoms. The summed E-state index contributed by atoms with van der Waals surface area (Å²) in [5.74, 6) is 0.742. The van der Waals surface area contributed by atoms with Gasteiger partial charge in [-0.05, 0) is 48.3 Å². The molecule has 1 aromatic carbocycles. The van der Waals surface area contributed by atoms with Gasteiger partial charge in [-0.15, -0.1) is 0 Å². The van der Waals surface area contributed by atoms with Crippen LogP contribution in [-0.2, 0) is 0 Å². The smallest absolute Gasteiger partial charge is 0.0914 e. The van der Waals surface area contributed by atoms with Crippen molar-refractivity contribution in [1.29, 1.82) is 0 Å². The standard InChI is InChI=1S/C18H28ClNO/c1-14(2)11-18(9-3-4-10-18)13-20-12-17(21)15-5-7-16(19)8-6-15/h5-8,14,17,20-21H,3-4,9-13H2,1-2H3. The third kappa shape index (κ3) is 4.98. The van der Waals surface area contributed by atoms with Crippen LogP contribution in [0.5, 0.6) is 0 Å². The van der Waals surface area contributed by atoms with Crippen LogP contribution in [0.3, 0.4) is 0 Å². The average molecular weight is 310 g/mol. The Morgan fingerprint density at radius 1 is 1.19 bits per heavy atom. The van der Waals surface area contributed by atoms with Crippen molar-refractivity contribution in [2.45, 2.75) is 52.1 Å². The molecule has 0 aromatic heterocycles. The molecule has 118 valence electrons. The Hall–Kier alpha value is -0.570. The monoisotopic (exact) mass is 309 g/mol. The Kier molecular flexibility index (Phi) is 6.09. The van der Waals surface area contributed by atoms with Gasteiger partial charge in [0, 0.05) is 18.1 Å². The first-order valence-electron chi connectivity index (χ1n) is 8.15. The van der Waals surface area contributed by atoms with Crippen molar-refractivity contribution in [3.8, 4) is 0 Å². The highest BCUT2D eigenvalue weighted by Gasteiger charge is 2.33. The molecule has 0 radical (unpaired) electrons. The molecule has 2 nitrogen and oxygen atoms in total. The lowest BCUT2D eigenvalue weighted by Crippen LogP contribution is -2.35. The number of benzene rings is 1. The van der Waals surface area contributed by atoms with Gasteiger partial charge >= 0.3 is 0 Å². The third-order valence-corrected chi connectivity index (χ3v) is 4.85.